The number of carbonyl (C=O) groups excluding carboxylic acids is 3. The lowest BCUT2D eigenvalue weighted by molar-refractivity contribution is -0.120. The van der Waals surface area contributed by atoms with E-state index in [0.29, 0.717) is 34.5 Å². The van der Waals surface area contributed by atoms with E-state index in [-0.39, 0.29) is 30.7 Å². The summed E-state index contributed by atoms with van der Waals surface area (Å²) in [6, 6.07) is 10.4. The second-order valence-corrected chi connectivity index (χ2v) is 9.01. The summed E-state index contributed by atoms with van der Waals surface area (Å²) in [6.45, 7) is 1.47. The van der Waals surface area contributed by atoms with Crippen LogP contribution in [0.25, 0.3) is 0 Å². The Labute approximate surface area is 187 Å². The summed E-state index contributed by atoms with van der Waals surface area (Å²) in [5, 5.41) is 8.79. The Morgan fingerprint density at radius 1 is 1.20 bits per heavy atom. The van der Waals surface area contributed by atoms with E-state index in [1.54, 1.807) is 30.3 Å². The lowest BCUT2D eigenvalue weighted by Gasteiger charge is -2.29. The van der Waals surface area contributed by atoms with Crippen molar-refractivity contribution in [3.8, 4) is 0 Å². The van der Waals surface area contributed by atoms with Gasteiger partial charge >= 0.3 is 0 Å². The second-order valence-electron chi connectivity index (χ2n) is 6.93. The van der Waals surface area contributed by atoms with E-state index in [1.807, 2.05) is 11.0 Å². The molecule has 2 aromatic rings. The van der Waals surface area contributed by atoms with Crippen LogP contribution in [0.5, 0.6) is 0 Å². The molecule has 3 N–H and O–H groups in total. The van der Waals surface area contributed by atoms with Gasteiger partial charge in [-0.25, -0.2) is 0 Å². The number of piperazine rings is 1. The highest BCUT2D eigenvalue weighted by Gasteiger charge is 2.29. The topological polar surface area (TPSA) is 90.5 Å². The van der Waals surface area contributed by atoms with Gasteiger partial charge in [-0.15, -0.1) is 11.8 Å². The van der Waals surface area contributed by atoms with Crippen molar-refractivity contribution in [2.45, 2.75) is 16.6 Å². The second kappa shape index (κ2) is 8.75. The molecule has 4 rings (SSSR count). The van der Waals surface area contributed by atoms with E-state index in [9.17, 15) is 14.4 Å². The van der Waals surface area contributed by atoms with Crippen LogP contribution in [0.4, 0.5) is 17.1 Å². The molecule has 0 aromatic heterocycles. The number of hydrogen-bond donors (Lipinski definition) is 3. The predicted molar refractivity (Wildman–Crippen MR) is 120 cm³/mol. The smallest absolute Gasteiger partial charge is 0.239 e. The fourth-order valence-electron chi connectivity index (χ4n) is 3.32. The Bertz CT molecular complexity index is 1030. The van der Waals surface area contributed by atoms with Gasteiger partial charge in [-0.1, -0.05) is 23.2 Å². The summed E-state index contributed by atoms with van der Waals surface area (Å²) >= 11 is 13.7. The van der Waals surface area contributed by atoms with Crippen molar-refractivity contribution in [1.82, 2.24) is 5.32 Å². The van der Waals surface area contributed by atoms with Crippen LogP contribution >= 0.6 is 35.0 Å². The van der Waals surface area contributed by atoms with Crippen LogP contribution in [0.2, 0.25) is 10.0 Å². The number of carbonyl (C=O) groups is 3. The quantitative estimate of drug-likeness (QED) is 0.645. The molecule has 2 aromatic carbocycles. The first-order valence-electron chi connectivity index (χ1n) is 9.27. The van der Waals surface area contributed by atoms with Crippen LogP contribution in [0.15, 0.2) is 41.3 Å². The van der Waals surface area contributed by atoms with Crippen LogP contribution in [0.3, 0.4) is 0 Å². The van der Waals surface area contributed by atoms with E-state index in [1.165, 1.54) is 11.8 Å². The number of fused-ring (bicyclic) bond motifs is 1. The molecule has 2 aliphatic heterocycles. The van der Waals surface area contributed by atoms with Gasteiger partial charge in [0.15, 0.2) is 0 Å². The average molecular weight is 465 g/mol. The first-order chi connectivity index (χ1) is 14.4. The Balaban J connectivity index is 1.39. The summed E-state index contributed by atoms with van der Waals surface area (Å²) in [5.74, 6) is -0.579. The normalized spacial score (nSPS) is 18.3. The van der Waals surface area contributed by atoms with Gasteiger partial charge in [0.25, 0.3) is 0 Å². The largest absolute Gasteiger partial charge is 0.359 e. The highest BCUT2D eigenvalue weighted by atomic mass is 35.5. The lowest BCUT2D eigenvalue weighted by Crippen LogP contribution is -2.47. The van der Waals surface area contributed by atoms with Gasteiger partial charge in [0.1, 0.15) is 0 Å². The van der Waals surface area contributed by atoms with E-state index in [2.05, 4.69) is 16.0 Å². The van der Waals surface area contributed by atoms with Crippen LogP contribution in [0.1, 0.15) is 6.42 Å². The molecule has 0 saturated carbocycles. The maximum absolute atomic E-state index is 12.5. The van der Waals surface area contributed by atoms with Crippen LogP contribution in [-0.2, 0) is 14.4 Å². The molecule has 156 valence electrons. The summed E-state index contributed by atoms with van der Waals surface area (Å²) in [5.41, 5.74) is 1.92. The van der Waals surface area contributed by atoms with E-state index < -0.39 is 5.25 Å². The standard InChI is InChI=1S/C20H18Cl2N4O3S/c21-11-1-4-16-14(7-11)25-20(29)17(30-16)9-18(27)24-12-2-3-15(13(22)8-12)26-6-5-23-19(28)10-26/h1-4,7-8,17H,5-6,9-10H2,(H,23,28)(H,24,27)(H,25,29). The minimum atomic E-state index is -0.541. The van der Waals surface area contributed by atoms with Crippen molar-refractivity contribution in [3.63, 3.8) is 0 Å². The molecule has 10 heteroatoms. The molecule has 1 unspecified atom stereocenters. The van der Waals surface area contributed by atoms with Gasteiger partial charge in [-0.2, -0.15) is 0 Å². The third-order valence-corrected chi connectivity index (χ3v) is 6.56. The Kier molecular flexibility index (Phi) is 6.08. The van der Waals surface area contributed by atoms with Gasteiger partial charge in [0.2, 0.25) is 17.7 Å². The summed E-state index contributed by atoms with van der Waals surface area (Å²) in [4.78, 5) is 39.2. The molecule has 2 aliphatic rings. The first-order valence-corrected chi connectivity index (χ1v) is 10.9. The highest BCUT2D eigenvalue weighted by Crippen LogP contribution is 2.38. The lowest BCUT2D eigenvalue weighted by atomic mass is 10.2. The number of amides is 3. The number of rotatable bonds is 4. The van der Waals surface area contributed by atoms with Gasteiger partial charge in [-0.05, 0) is 36.4 Å². The van der Waals surface area contributed by atoms with Crippen molar-refractivity contribution >= 4 is 69.7 Å². The summed E-state index contributed by atoms with van der Waals surface area (Å²) in [7, 11) is 0. The van der Waals surface area contributed by atoms with Crippen molar-refractivity contribution in [2.24, 2.45) is 0 Å². The molecule has 30 heavy (non-hydrogen) atoms. The molecular weight excluding hydrogens is 447 g/mol. The number of benzene rings is 2. The zero-order valence-corrected chi connectivity index (χ0v) is 18.0. The van der Waals surface area contributed by atoms with Gasteiger partial charge in [-0.3, -0.25) is 14.4 Å². The molecule has 1 atom stereocenters. The van der Waals surface area contributed by atoms with Crippen LogP contribution < -0.4 is 20.9 Å². The number of hydrogen-bond acceptors (Lipinski definition) is 5. The third kappa shape index (κ3) is 4.66. The Morgan fingerprint density at radius 2 is 2.03 bits per heavy atom. The fourth-order valence-corrected chi connectivity index (χ4v) is 4.89. The van der Waals surface area contributed by atoms with Crippen molar-refractivity contribution < 1.29 is 14.4 Å². The molecule has 2 heterocycles. The van der Waals surface area contributed by atoms with Crippen molar-refractivity contribution in [3.05, 3.63) is 46.4 Å². The Hall–Kier alpha value is -2.42. The molecule has 1 saturated heterocycles. The van der Waals surface area contributed by atoms with Crippen molar-refractivity contribution in [1.29, 1.82) is 0 Å². The monoisotopic (exact) mass is 464 g/mol. The number of thioether (sulfide) groups is 1. The van der Waals surface area contributed by atoms with Gasteiger partial charge in [0.05, 0.1) is 28.2 Å². The highest BCUT2D eigenvalue weighted by molar-refractivity contribution is 8.01. The SMILES string of the molecule is O=C1CN(c2ccc(NC(=O)CC3Sc4ccc(Cl)cc4NC3=O)cc2Cl)CCN1. The van der Waals surface area contributed by atoms with Gasteiger partial charge < -0.3 is 20.9 Å². The first kappa shape index (κ1) is 20.8. The molecule has 1 fully saturated rings. The third-order valence-electron chi connectivity index (χ3n) is 4.74. The number of halogens is 2. The van der Waals surface area contributed by atoms with E-state index in [4.69, 9.17) is 23.2 Å². The van der Waals surface area contributed by atoms with Gasteiger partial charge in [0, 0.05) is 35.1 Å². The minimum Gasteiger partial charge on any atom is -0.359 e. The zero-order chi connectivity index (χ0) is 21.3. The molecule has 3 amide bonds. The Morgan fingerprint density at radius 3 is 2.80 bits per heavy atom. The van der Waals surface area contributed by atoms with Crippen LogP contribution in [-0.4, -0.2) is 42.6 Å². The maximum atomic E-state index is 12.5. The molecule has 7 nitrogen and oxygen atoms in total. The van der Waals surface area contributed by atoms with E-state index in [0.717, 1.165) is 10.6 Å². The average Bonchev–Trinajstić information content (AvgIpc) is 2.69. The number of nitrogens with one attached hydrogen (secondary N) is 3. The van der Waals surface area contributed by atoms with Crippen molar-refractivity contribution in [2.75, 3.05) is 35.2 Å². The molecular formula is C20H18Cl2N4O3S. The fraction of sp³-hybridized carbons (Fsp3) is 0.250. The van der Waals surface area contributed by atoms with Crippen LogP contribution in [0, 0.1) is 0 Å². The molecule has 0 bridgehead atoms. The maximum Gasteiger partial charge on any atom is 0.239 e. The number of nitrogens with zero attached hydrogens (tertiary/aromatic N) is 1. The predicted octanol–water partition coefficient (Wildman–Crippen LogP) is 3.37. The summed E-state index contributed by atoms with van der Waals surface area (Å²) < 4.78 is 0. The minimum absolute atomic E-state index is 0.0181. The summed E-state index contributed by atoms with van der Waals surface area (Å²) in [6.07, 6.45) is 0.0181. The molecule has 0 aliphatic carbocycles. The zero-order valence-electron chi connectivity index (χ0n) is 15.7. The molecule has 0 radical (unpaired) electrons. The van der Waals surface area contributed by atoms with E-state index >= 15 is 0 Å². The molecule has 0 spiro atoms. The number of anilines is 3.